The fourth-order valence-electron chi connectivity index (χ4n) is 5.51. The third kappa shape index (κ3) is 6.29. The number of aryl methyl sites for hydroxylation is 1. The standard InChI is InChI=1S/C29H41N3O4/c1-3-14-22-21-24(30-36-22)29(34)32-20-13-7-5-6-12-19-31(4-2)28(33)23-15-8-10-17-26(23)35-27-18-11-9-16-25(27)32/h8,10,15,17,21,25,27H,3-7,9,11-14,16,18-20H2,1-2H3/t25-,27+/m1/s1. The van der Waals surface area contributed by atoms with Gasteiger partial charge in [-0.15, -0.1) is 0 Å². The van der Waals surface area contributed by atoms with Crippen molar-refractivity contribution in [2.24, 2.45) is 0 Å². The zero-order chi connectivity index (χ0) is 25.3. The maximum Gasteiger partial charge on any atom is 0.276 e. The van der Waals surface area contributed by atoms with Gasteiger partial charge in [-0.25, -0.2) is 0 Å². The molecule has 2 aliphatic rings. The minimum absolute atomic E-state index is 0.0225. The summed E-state index contributed by atoms with van der Waals surface area (Å²) in [7, 11) is 0. The van der Waals surface area contributed by atoms with E-state index in [1.807, 2.05) is 41.0 Å². The minimum atomic E-state index is -0.168. The molecule has 2 amide bonds. The fourth-order valence-corrected chi connectivity index (χ4v) is 5.51. The molecule has 0 saturated heterocycles. The lowest BCUT2D eigenvalue weighted by molar-refractivity contribution is 0.0263. The van der Waals surface area contributed by atoms with Crippen molar-refractivity contribution in [3.8, 4) is 5.75 Å². The molecule has 0 radical (unpaired) electrons. The predicted octanol–water partition coefficient (Wildman–Crippen LogP) is 5.89. The van der Waals surface area contributed by atoms with Crippen molar-refractivity contribution in [2.45, 2.75) is 96.6 Å². The summed E-state index contributed by atoms with van der Waals surface area (Å²) in [5.74, 6) is 1.32. The molecule has 0 bridgehead atoms. The Hall–Kier alpha value is -2.83. The second-order valence-electron chi connectivity index (χ2n) is 10.1. The molecule has 0 unspecified atom stereocenters. The van der Waals surface area contributed by atoms with Gasteiger partial charge in [-0.2, -0.15) is 0 Å². The summed E-state index contributed by atoms with van der Waals surface area (Å²) in [6, 6.07) is 9.31. The Labute approximate surface area is 215 Å². The first-order valence-electron chi connectivity index (χ1n) is 13.9. The van der Waals surface area contributed by atoms with Crippen LogP contribution in [-0.2, 0) is 6.42 Å². The summed E-state index contributed by atoms with van der Waals surface area (Å²) in [5.41, 5.74) is 0.993. The number of hydrogen-bond donors (Lipinski definition) is 0. The summed E-state index contributed by atoms with van der Waals surface area (Å²) in [5, 5.41) is 4.12. The number of carbonyl (C=O) groups is 2. The van der Waals surface area contributed by atoms with Gasteiger partial charge < -0.3 is 19.1 Å². The van der Waals surface area contributed by atoms with E-state index in [2.05, 4.69) is 12.1 Å². The van der Waals surface area contributed by atoms with Gasteiger partial charge in [-0.05, 0) is 57.6 Å². The highest BCUT2D eigenvalue weighted by molar-refractivity contribution is 5.97. The van der Waals surface area contributed by atoms with Crippen LogP contribution in [0.4, 0.5) is 0 Å². The Balaban J connectivity index is 1.65. The molecule has 2 atom stereocenters. The lowest BCUT2D eigenvalue weighted by atomic mass is 9.90. The van der Waals surface area contributed by atoms with Crippen molar-refractivity contribution in [3.63, 3.8) is 0 Å². The number of fused-ring (bicyclic) bond motifs is 2. The quantitative estimate of drug-likeness (QED) is 0.529. The van der Waals surface area contributed by atoms with Gasteiger partial charge in [0, 0.05) is 32.1 Å². The Morgan fingerprint density at radius 3 is 2.56 bits per heavy atom. The molecule has 1 aromatic carbocycles. The molecule has 1 aliphatic heterocycles. The molecule has 4 rings (SSSR count). The lowest BCUT2D eigenvalue weighted by Gasteiger charge is -2.40. The number of benzene rings is 1. The SMILES string of the molecule is CCCc1cc(C(=O)N2CCCCCCCN(CC)C(=O)c3ccccc3O[C@H]3CCCC[C@H]32)no1. The van der Waals surface area contributed by atoms with E-state index in [9.17, 15) is 9.59 Å². The number of aromatic nitrogens is 1. The molecule has 196 valence electrons. The molecule has 2 aromatic rings. The normalized spacial score (nSPS) is 22.1. The van der Waals surface area contributed by atoms with Crippen LogP contribution in [0.25, 0.3) is 0 Å². The fraction of sp³-hybridized carbons (Fsp3) is 0.621. The predicted molar refractivity (Wildman–Crippen MR) is 139 cm³/mol. The van der Waals surface area contributed by atoms with Crippen LogP contribution in [0.2, 0.25) is 0 Å². The highest BCUT2D eigenvalue weighted by atomic mass is 16.5. The third-order valence-electron chi connectivity index (χ3n) is 7.50. The molecule has 0 spiro atoms. The van der Waals surface area contributed by atoms with Gasteiger partial charge in [-0.1, -0.05) is 49.9 Å². The van der Waals surface area contributed by atoms with Crippen molar-refractivity contribution in [3.05, 3.63) is 47.3 Å². The average Bonchev–Trinajstić information content (AvgIpc) is 3.36. The Bertz CT molecular complexity index is 1000. The first kappa shape index (κ1) is 26.2. The topological polar surface area (TPSA) is 75.9 Å². The molecule has 7 nitrogen and oxygen atoms in total. The van der Waals surface area contributed by atoms with Crippen molar-refractivity contribution in [2.75, 3.05) is 19.6 Å². The number of ether oxygens (including phenoxy) is 1. The highest BCUT2D eigenvalue weighted by Gasteiger charge is 2.36. The zero-order valence-corrected chi connectivity index (χ0v) is 21.9. The number of amides is 2. The van der Waals surface area contributed by atoms with E-state index < -0.39 is 0 Å². The summed E-state index contributed by atoms with van der Waals surface area (Å²) >= 11 is 0. The van der Waals surface area contributed by atoms with Crippen molar-refractivity contribution in [1.82, 2.24) is 15.0 Å². The van der Waals surface area contributed by atoms with Gasteiger partial charge in [0.1, 0.15) is 17.6 Å². The first-order chi connectivity index (χ1) is 17.6. The van der Waals surface area contributed by atoms with Gasteiger partial charge in [0.15, 0.2) is 5.69 Å². The van der Waals surface area contributed by atoms with Crippen LogP contribution in [-0.4, -0.2) is 58.6 Å². The van der Waals surface area contributed by atoms with E-state index in [1.54, 1.807) is 6.07 Å². The van der Waals surface area contributed by atoms with Crippen LogP contribution in [0.5, 0.6) is 5.75 Å². The van der Waals surface area contributed by atoms with E-state index in [1.165, 1.54) is 0 Å². The monoisotopic (exact) mass is 495 g/mol. The number of hydrogen-bond acceptors (Lipinski definition) is 5. The third-order valence-corrected chi connectivity index (χ3v) is 7.50. The summed E-state index contributed by atoms with van der Waals surface area (Å²) in [6.07, 6.45) is 10.5. The van der Waals surface area contributed by atoms with E-state index in [-0.39, 0.29) is 24.0 Å². The Morgan fingerprint density at radius 2 is 1.75 bits per heavy atom. The number of carbonyl (C=O) groups excluding carboxylic acids is 2. The van der Waals surface area contributed by atoms with Crippen LogP contribution in [0.15, 0.2) is 34.9 Å². The Kier molecular flexibility index (Phi) is 9.42. The Morgan fingerprint density at radius 1 is 1.00 bits per heavy atom. The van der Waals surface area contributed by atoms with Crippen LogP contribution >= 0.6 is 0 Å². The maximum absolute atomic E-state index is 13.7. The number of nitrogens with zero attached hydrogens (tertiary/aromatic N) is 3. The van der Waals surface area contributed by atoms with Crippen LogP contribution in [0.3, 0.4) is 0 Å². The van der Waals surface area contributed by atoms with Gasteiger partial charge in [0.2, 0.25) is 0 Å². The van der Waals surface area contributed by atoms with E-state index >= 15 is 0 Å². The van der Waals surface area contributed by atoms with Crippen molar-refractivity contribution < 1.29 is 18.8 Å². The molecule has 1 fully saturated rings. The van der Waals surface area contributed by atoms with Crippen molar-refractivity contribution in [1.29, 1.82) is 0 Å². The molecule has 1 saturated carbocycles. The van der Waals surface area contributed by atoms with Gasteiger partial charge in [-0.3, -0.25) is 9.59 Å². The molecule has 0 N–H and O–H groups in total. The van der Waals surface area contributed by atoms with Crippen molar-refractivity contribution >= 4 is 11.8 Å². The summed E-state index contributed by atoms with van der Waals surface area (Å²) in [4.78, 5) is 31.1. The highest BCUT2D eigenvalue weighted by Crippen LogP contribution is 2.31. The molecule has 36 heavy (non-hydrogen) atoms. The molecule has 1 aliphatic carbocycles. The molecule has 2 heterocycles. The molecule has 7 heteroatoms. The average molecular weight is 496 g/mol. The minimum Gasteiger partial charge on any atom is -0.487 e. The zero-order valence-electron chi connectivity index (χ0n) is 21.9. The number of para-hydroxylation sites is 1. The largest absolute Gasteiger partial charge is 0.487 e. The molecular weight excluding hydrogens is 454 g/mol. The second kappa shape index (κ2) is 12.9. The smallest absolute Gasteiger partial charge is 0.276 e. The second-order valence-corrected chi connectivity index (χ2v) is 10.1. The number of rotatable bonds is 4. The van der Waals surface area contributed by atoms with E-state index in [0.29, 0.717) is 30.1 Å². The van der Waals surface area contributed by atoms with Gasteiger partial charge in [0.05, 0.1) is 11.6 Å². The maximum atomic E-state index is 13.7. The van der Waals surface area contributed by atoms with Crippen LogP contribution in [0.1, 0.15) is 105 Å². The van der Waals surface area contributed by atoms with Crippen LogP contribution < -0.4 is 4.74 Å². The molecular formula is C29H41N3O4. The van der Waals surface area contributed by atoms with Crippen LogP contribution in [0, 0.1) is 0 Å². The first-order valence-corrected chi connectivity index (χ1v) is 13.9. The van der Waals surface area contributed by atoms with Gasteiger partial charge in [0.25, 0.3) is 11.8 Å². The molecule has 1 aromatic heterocycles. The summed E-state index contributed by atoms with van der Waals surface area (Å²) in [6.45, 7) is 6.23. The lowest BCUT2D eigenvalue weighted by Crippen LogP contribution is -2.51. The van der Waals surface area contributed by atoms with E-state index in [4.69, 9.17) is 9.26 Å². The summed E-state index contributed by atoms with van der Waals surface area (Å²) < 4.78 is 12.1. The van der Waals surface area contributed by atoms with Gasteiger partial charge >= 0.3 is 0 Å². The van der Waals surface area contributed by atoms with E-state index in [0.717, 1.165) is 82.9 Å².